The Kier molecular flexibility index (Phi) is 9.71. The largest absolute Gasteiger partial charge is 0.381 e. The summed E-state index contributed by atoms with van der Waals surface area (Å²) < 4.78 is 24.7. The maximum atomic E-state index is 13.5. The third kappa shape index (κ3) is 8.15. The van der Waals surface area contributed by atoms with Crippen molar-refractivity contribution >= 4 is 5.96 Å². The number of hydrogen-bond acceptors (Lipinski definition) is 3. The predicted molar refractivity (Wildman–Crippen MR) is 112 cm³/mol. The number of hydrogen-bond donors (Lipinski definition) is 2. The summed E-state index contributed by atoms with van der Waals surface area (Å²) >= 11 is 0. The number of nitrogens with one attached hydrogen (secondary N) is 2. The standard InChI is InChI=1S/C22H36FN3O2/c1-4-24-21(25-11-6-12-28-16-18-9-13-27-14-10-18)26-17-22(2,3)19-7-5-8-20(23)15-19/h5,7-8,15,18H,4,6,9-14,16-17H2,1-3H3,(H2,24,25,26). The lowest BCUT2D eigenvalue weighted by Crippen LogP contribution is -2.39. The number of halogens is 1. The SMILES string of the molecule is CCNC(=NCC(C)(C)c1cccc(F)c1)NCCCOCC1CCOCC1. The molecule has 0 aliphatic carbocycles. The van der Waals surface area contributed by atoms with Crippen molar-refractivity contribution in [1.29, 1.82) is 0 Å². The van der Waals surface area contributed by atoms with Crippen molar-refractivity contribution in [3.8, 4) is 0 Å². The topological polar surface area (TPSA) is 54.9 Å². The highest BCUT2D eigenvalue weighted by Crippen LogP contribution is 2.24. The molecule has 1 heterocycles. The molecule has 1 fully saturated rings. The fraction of sp³-hybridized carbons (Fsp3) is 0.682. The maximum absolute atomic E-state index is 13.5. The van der Waals surface area contributed by atoms with E-state index in [1.165, 1.54) is 6.07 Å². The summed E-state index contributed by atoms with van der Waals surface area (Å²) in [5, 5.41) is 6.63. The highest BCUT2D eigenvalue weighted by Gasteiger charge is 2.21. The first kappa shape index (κ1) is 22.6. The molecule has 1 aromatic carbocycles. The minimum absolute atomic E-state index is 0.208. The van der Waals surface area contributed by atoms with E-state index >= 15 is 0 Å². The molecule has 0 bridgehead atoms. The molecule has 0 unspecified atom stereocenters. The van der Waals surface area contributed by atoms with Gasteiger partial charge in [0.1, 0.15) is 5.82 Å². The number of nitrogens with zero attached hydrogens (tertiary/aromatic N) is 1. The molecule has 0 radical (unpaired) electrons. The lowest BCUT2D eigenvalue weighted by atomic mass is 9.85. The van der Waals surface area contributed by atoms with Crippen LogP contribution in [0.1, 0.15) is 45.6 Å². The van der Waals surface area contributed by atoms with E-state index in [1.807, 2.05) is 13.0 Å². The van der Waals surface area contributed by atoms with Crippen molar-refractivity contribution < 1.29 is 13.9 Å². The molecule has 28 heavy (non-hydrogen) atoms. The van der Waals surface area contributed by atoms with Crippen LogP contribution in [0, 0.1) is 11.7 Å². The molecular formula is C22H36FN3O2. The van der Waals surface area contributed by atoms with E-state index in [9.17, 15) is 4.39 Å². The molecule has 158 valence electrons. The molecule has 1 aliphatic rings. The molecule has 0 aromatic heterocycles. The number of ether oxygens (including phenoxy) is 2. The number of rotatable bonds is 10. The highest BCUT2D eigenvalue weighted by molar-refractivity contribution is 5.79. The molecule has 5 nitrogen and oxygen atoms in total. The lowest BCUT2D eigenvalue weighted by molar-refractivity contribution is 0.0203. The first-order valence-electron chi connectivity index (χ1n) is 10.4. The van der Waals surface area contributed by atoms with E-state index < -0.39 is 0 Å². The Morgan fingerprint density at radius 2 is 2.07 bits per heavy atom. The fourth-order valence-electron chi connectivity index (χ4n) is 3.16. The van der Waals surface area contributed by atoms with Crippen molar-refractivity contribution in [2.24, 2.45) is 10.9 Å². The van der Waals surface area contributed by atoms with Crippen LogP contribution in [-0.2, 0) is 14.9 Å². The Labute approximate surface area is 169 Å². The van der Waals surface area contributed by atoms with Crippen molar-refractivity contribution in [2.75, 3.05) is 46.1 Å². The van der Waals surface area contributed by atoms with Crippen molar-refractivity contribution in [3.63, 3.8) is 0 Å². The first-order valence-corrected chi connectivity index (χ1v) is 10.4. The molecule has 0 spiro atoms. The molecule has 0 amide bonds. The Hall–Kier alpha value is -1.66. The van der Waals surface area contributed by atoms with E-state index in [2.05, 4.69) is 24.5 Å². The Bertz CT molecular complexity index is 601. The molecular weight excluding hydrogens is 357 g/mol. The van der Waals surface area contributed by atoms with Gasteiger partial charge in [0.15, 0.2) is 5.96 Å². The fourth-order valence-corrected chi connectivity index (χ4v) is 3.16. The molecule has 2 rings (SSSR count). The van der Waals surface area contributed by atoms with Crippen LogP contribution in [0.2, 0.25) is 0 Å². The van der Waals surface area contributed by atoms with Crippen LogP contribution in [0.3, 0.4) is 0 Å². The zero-order valence-electron chi connectivity index (χ0n) is 17.6. The summed E-state index contributed by atoms with van der Waals surface area (Å²) in [4.78, 5) is 4.70. The van der Waals surface area contributed by atoms with Crippen LogP contribution < -0.4 is 10.6 Å². The van der Waals surface area contributed by atoms with Gasteiger partial charge in [0.2, 0.25) is 0 Å². The van der Waals surface area contributed by atoms with Crippen LogP contribution in [0.4, 0.5) is 4.39 Å². The number of guanidine groups is 1. The summed E-state index contributed by atoms with van der Waals surface area (Å²) in [6.07, 6.45) is 3.15. The molecule has 1 aromatic rings. The molecule has 2 N–H and O–H groups in total. The van der Waals surface area contributed by atoms with Gasteiger partial charge in [0, 0.05) is 44.9 Å². The van der Waals surface area contributed by atoms with Gasteiger partial charge in [-0.2, -0.15) is 0 Å². The maximum Gasteiger partial charge on any atom is 0.191 e. The van der Waals surface area contributed by atoms with Crippen molar-refractivity contribution in [1.82, 2.24) is 10.6 Å². The van der Waals surface area contributed by atoms with Crippen molar-refractivity contribution in [2.45, 2.75) is 45.4 Å². The van der Waals surface area contributed by atoms with E-state index in [0.717, 1.165) is 70.3 Å². The Morgan fingerprint density at radius 3 is 2.79 bits per heavy atom. The molecule has 1 aliphatic heterocycles. The van der Waals surface area contributed by atoms with Gasteiger partial charge in [-0.15, -0.1) is 0 Å². The average Bonchev–Trinajstić information content (AvgIpc) is 2.69. The van der Waals surface area contributed by atoms with Gasteiger partial charge in [-0.05, 0) is 49.8 Å². The van der Waals surface area contributed by atoms with E-state index in [1.54, 1.807) is 12.1 Å². The van der Waals surface area contributed by atoms with Gasteiger partial charge in [0.05, 0.1) is 6.54 Å². The molecule has 0 saturated carbocycles. The zero-order chi connectivity index (χ0) is 20.2. The summed E-state index contributed by atoms with van der Waals surface area (Å²) in [5.41, 5.74) is 0.714. The van der Waals surface area contributed by atoms with Gasteiger partial charge in [-0.1, -0.05) is 26.0 Å². The number of benzene rings is 1. The smallest absolute Gasteiger partial charge is 0.191 e. The third-order valence-electron chi connectivity index (χ3n) is 5.04. The predicted octanol–water partition coefficient (Wildman–Crippen LogP) is 3.49. The summed E-state index contributed by atoms with van der Waals surface area (Å²) in [6, 6.07) is 6.76. The lowest BCUT2D eigenvalue weighted by Gasteiger charge is -2.24. The summed E-state index contributed by atoms with van der Waals surface area (Å²) in [6.45, 7) is 11.7. The average molecular weight is 394 g/mol. The van der Waals surface area contributed by atoms with Gasteiger partial charge in [-0.3, -0.25) is 4.99 Å². The molecule has 1 saturated heterocycles. The third-order valence-corrected chi connectivity index (χ3v) is 5.04. The molecule has 6 heteroatoms. The second-order valence-corrected chi connectivity index (χ2v) is 8.00. The monoisotopic (exact) mass is 393 g/mol. The van der Waals surface area contributed by atoms with Crippen LogP contribution in [0.5, 0.6) is 0 Å². The first-order chi connectivity index (χ1) is 13.5. The van der Waals surface area contributed by atoms with Gasteiger partial charge < -0.3 is 20.1 Å². The highest BCUT2D eigenvalue weighted by atomic mass is 19.1. The van der Waals surface area contributed by atoms with E-state index in [4.69, 9.17) is 14.5 Å². The normalized spacial score (nSPS) is 16.2. The van der Waals surface area contributed by atoms with Gasteiger partial charge in [-0.25, -0.2) is 4.39 Å². The van der Waals surface area contributed by atoms with Crippen LogP contribution in [-0.4, -0.2) is 52.0 Å². The number of aliphatic imine (C=N–C) groups is 1. The minimum atomic E-state index is -0.239. The van der Waals surface area contributed by atoms with Gasteiger partial charge in [0.25, 0.3) is 0 Å². The van der Waals surface area contributed by atoms with E-state index in [-0.39, 0.29) is 11.2 Å². The Balaban J connectivity index is 1.72. The zero-order valence-corrected chi connectivity index (χ0v) is 17.6. The Morgan fingerprint density at radius 1 is 1.29 bits per heavy atom. The van der Waals surface area contributed by atoms with Crippen LogP contribution in [0.25, 0.3) is 0 Å². The second kappa shape index (κ2) is 12.0. The van der Waals surface area contributed by atoms with Crippen LogP contribution in [0.15, 0.2) is 29.3 Å². The van der Waals surface area contributed by atoms with Gasteiger partial charge >= 0.3 is 0 Å². The van der Waals surface area contributed by atoms with Crippen molar-refractivity contribution in [3.05, 3.63) is 35.6 Å². The quantitative estimate of drug-likeness (QED) is 0.363. The minimum Gasteiger partial charge on any atom is -0.381 e. The summed E-state index contributed by atoms with van der Waals surface area (Å²) in [5.74, 6) is 1.22. The van der Waals surface area contributed by atoms with E-state index in [0.29, 0.717) is 12.5 Å². The summed E-state index contributed by atoms with van der Waals surface area (Å²) in [7, 11) is 0. The van der Waals surface area contributed by atoms with Crippen LogP contribution >= 0.6 is 0 Å². The molecule has 0 atom stereocenters. The second-order valence-electron chi connectivity index (χ2n) is 8.00.